The number of fused-ring (bicyclic) bond motifs is 1. The van der Waals surface area contributed by atoms with Gasteiger partial charge >= 0.3 is 0 Å². The molecule has 0 radical (unpaired) electrons. The van der Waals surface area contributed by atoms with Gasteiger partial charge in [0, 0.05) is 30.7 Å². The molecule has 4 aromatic heterocycles. The Balaban J connectivity index is 1.84. The van der Waals surface area contributed by atoms with E-state index in [9.17, 15) is 4.79 Å². The van der Waals surface area contributed by atoms with Crippen LogP contribution >= 0.6 is 23.2 Å². The smallest absolute Gasteiger partial charge is 0.251 e. The Labute approximate surface area is 211 Å². The minimum atomic E-state index is -1.18. The normalized spacial score (nSPS) is 12.9. The molecule has 0 saturated carbocycles. The lowest BCUT2D eigenvalue weighted by Crippen LogP contribution is -2.27. The lowest BCUT2D eigenvalue weighted by atomic mass is 9.90. The summed E-state index contributed by atoms with van der Waals surface area (Å²) in [4.78, 5) is 25.4. The molecule has 1 aromatic carbocycles. The largest absolute Gasteiger partial charge is 0.336 e. The summed E-state index contributed by atoms with van der Waals surface area (Å²) < 4.78 is 3.40. The first-order valence-corrected chi connectivity index (χ1v) is 11.5. The maximum Gasteiger partial charge on any atom is 0.251 e. The molecule has 4 heterocycles. The molecule has 1 atom stereocenters. The van der Waals surface area contributed by atoms with Crippen LogP contribution in [0.2, 0.25) is 5.02 Å². The molecule has 172 valence electrons. The van der Waals surface area contributed by atoms with Crippen LogP contribution in [0.1, 0.15) is 22.6 Å². The van der Waals surface area contributed by atoms with Crippen molar-refractivity contribution in [2.24, 2.45) is 14.1 Å². The van der Waals surface area contributed by atoms with Crippen molar-refractivity contribution in [3.8, 4) is 23.6 Å². The number of aryl methyl sites for hydroxylation is 2. The monoisotopic (exact) mass is 499 g/mol. The predicted molar refractivity (Wildman–Crippen MR) is 139 cm³/mol. The SMILES string of the molecule is C#Cc1cccc(-c2cc(=O)n(C)c3ccc([C@](Cl)(c4ccc(Cl)cc4)c4cncn4C)nc23)n1. The van der Waals surface area contributed by atoms with Gasteiger partial charge in [-0.25, -0.2) is 15.0 Å². The number of terminal acetylenes is 1. The van der Waals surface area contributed by atoms with Crippen LogP contribution in [0.5, 0.6) is 0 Å². The quantitative estimate of drug-likeness (QED) is 0.260. The number of imidazole rings is 1. The van der Waals surface area contributed by atoms with Crippen LogP contribution in [0.15, 0.2) is 78.0 Å². The number of halogens is 2. The number of alkyl halides is 1. The molecule has 5 aromatic rings. The molecule has 0 unspecified atom stereocenters. The first-order chi connectivity index (χ1) is 16.8. The van der Waals surface area contributed by atoms with Crippen LogP contribution in [0.4, 0.5) is 0 Å². The number of rotatable bonds is 4. The van der Waals surface area contributed by atoms with Crippen LogP contribution in [-0.4, -0.2) is 24.1 Å². The van der Waals surface area contributed by atoms with E-state index in [2.05, 4.69) is 15.9 Å². The molecule has 35 heavy (non-hydrogen) atoms. The molecule has 0 fully saturated rings. The summed E-state index contributed by atoms with van der Waals surface area (Å²) in [7, 11) is 3.58. The second-order valence-electron chi connectivity index (χ2n) is 8.13. The van der Waals surface area contributed by atoms with Crippen LogP contribution in [0.3, 0.4) is 0 Å². The minimum absolute atomic E-state index is 0.184. The zero-order chi connectivity index (χ0) is 24.7. The van der Waals surface area contributed by atoms with E-state index in [0.717, 1.165) is 11.3 Å². The highest BCUT2D eigenvalue weighted by atomic mass is 35.5. The van der Waals surface area contributed by atoms with Crippen LogP contribution in [-0.2, 0) is 19.0 Å². The van der Waals surface area contributed by atoms with Gasteiger partial charge in [0.1, 0.15) is 5.69 Å². The third-order valence-electron chi connectivity index (χ3n) is 6.03. The number of nitrogens with zero attached hydrogens (tertiary/aromatic N) is 5. The van der Waals surface area contributed by atoms with Gasteiger partial charge in [0.2, 0.25) is 0 Å². The summed E-state index contributed by atoms with van der Waals surface area (Å²) >= 11 is 13.6. The van der Waals surface area contributed by atoms with Gasteiger partial charge in [0.05, 0.1) is 40.6 Å². The van der Waals surface area contributed by atoms with E-state index in [4.69, 9.17) is 34.6 Å². The standard InChI is InChI=1S/C27H19Cl2N5O/c1-4-19-6-5-7-21(31-19)20-14-25(35)34(3)22-12-13-23(32-26(20)22)27(29,24-15-30-16-33(24)2)17-8-10-18(28)11-9-17/h1,5-16H,2-3H3/t27-/m1/s1. The van der Waals surface area contributed by atoms with Gasteiger partial charge in [-0.15, -0.1) is 18.0 Å². The maximum atomic E-state index is 12.8. The molecule has 0 bridgehead atoms. The fraction of sp³-hybridized carbons (Fsp3) is 0.111. The lowest BCUT2D eigenvalue weighted by Gasteiger charge is -2.28. The van der Waals surface area contributed by atoms with Gasteiger partial charge in [-0.1, -0.05) is 35.7 Å². The van der Waals surface area contributed by atoms with E-state index in [1.165, 1.54) is 6.07 Å². The molecular weight excluding hydrogens is 481 g/mol. The van der Waals surface area contributed by atoms with Gasteiger partial charge in [-0.3, -0.25) is 4.79 Å². The maximum absolute atomic E-state index is 12.8. The first kappa shape index (κ1) is 22.9. The fourth-order valence-electron chi connectivity index (χ4n) is 4.18. The van der Waals surface area contributed by atoms with Crippen LogP contribution in [0.25, 0.3) is 22.3 Å². The Morgan fingerprint density at radius 3 is 2.49 bits per heavy atom. The van der Waals surface area contributed by atoms with Gasteiger partial charge in [0.15, 0.2) is 4.87 Å². The van der Waals surface area contributed by atoms with Crippen molar-refractivity contribution in [2.45, 2.75) is 4.87 Å². The summed E-state index contributed by atoms with van der Waals surface area (Å²) in [6, 6.07) is 17.8. The topological polar surface area (TPSA) is 65.6 Å². The fourth-order valence-corrected chi connectivity index (χ4v) is 4.72. The zero-order valence-electron chi connectivity index (χ0n) is 18.9. The minimum Gasteiger partial charge on any atom is -0.336 e. The number of benzene rings is 1. The lowest BCUT2D eigenvalue weighted by molar-refractivity contribution is 0.729. The molecule has 0 amide bonds. The van der Waals surface area contributed by atoms with Crippen LogP contribution in [0, 0.1) is 12.3 Å². The summed E-state index contributed by atoms with van der Waals surface area (Å²) in [6.45, 7) is 0. The average molecular weight is 500 g/mol. The van der Waals surface area contributed by atoms with Gasteiger partial charge in [-0.2, -0.15) is 0 Å². The Bertz CT molecular complexity index is 1680. The molecule has 0 saturated heterocycles. The second kappa shape index (κ2) is 8.70. The average Bonchev–Trinajstić information content (AvgIpc) is 3.32. The van der Waals surface area contributed by atoms with Crippen molar-refractivity contribution in [2.75, 3.05) is 0 Å². The van der Waals surface area contributed by atoms with E-state index < -0.39 is 4.87 Å². The Morgan fingerprint density at radius 2 is 1.80 bits per heavy atom. The van der Waals surface area contributed by atoms with E-state index in [1.54, 1.807) is 54.5 Å². The molecule has 5 rings (SSSR count). The van der Waals surface area contributed by atoms with Crippen molar-refractivity contribution in [3.63, 3.8) is 0 Å². The van der Waals surface area contributed by atoms with E-state index in [-0.39, 0.29) is 5.56 Å². The predicted octanol–water partition coefficient (Wildman–Crippen LogP) is 4.89. The molecule has 0 spiro atoms. The first-order valence-electron chi connectivity index (χ1n) is 10.7. The molecular formula is C27H19Cl2N5O. The van der Waals surface area contributed by atoms with E-state index in [0.29, 0.717) is 38.7 Å². The van der Waals surface area contributed by atoms with Crippen molar-refractivity contribution in [1.29, 1.82) is 0 Å². The molecule has 0 aliphatic carbocycles. The summed E-state index contributed by atoms with van der Waals surface area (Å²) in [6.07, 6.45) is 8.96. The van der Waals surface area contributed by atoms with Crippen molar-refractivity contribution >= 4 is 34.2 Å². The van der Waals surface area contributed by atoms with Crippen molar-refractivity contribution < 1.29 is 0 Å². The number of pyridine rings is 3. The number of hydrogen-bond acceptors (Lipinski definition) is 4. The summed E-state index contributed by atoms with van der Waals surface area (Å²) in [5.74, 6) is 2.54. The van der Waals surface area contributed by atoms with Crippen molar-refractivity contribution in [1.82, 2.24) is 24.1 Å². The molecule has 0 aliphatic heterocycles. The van der Waals surface area contributed by atoms with Gasteiger partial charge in [0.25, 0.3) is 5.56 Å². The highest BCUT2D eigenvalue weighted by Crippen LogP contribution is 2.43. The van der Waals surface area contributed by atoms with Gasteiger partial charge in [-0.05, 0) is 42.0 Å². The highest BCUT2D eigenvalue weighted by molar-refractivity contribution is 6.31. The molecule has 0 aliphatic rings. The Morgan fingerprint density at radius 1 is 1.03 bits per heavy atom. The third kappa shape index (κ3) is 3.79. The molecule has 6 nitrogen and oxygen atoms in total. The Hall–Kier alpha value is -3.92. The van der Waals surface area contributed by atoms with Crippen LogP contribution < -0.4 is 5.56 Å². The molecule has 0 N–H and O–H groups in total. The van der Waals surface area contributed by atoms with E-state index >= 15 is 0 Å². The summed E-state index contributed by atoms with van der Waals surface area (Å²) in [5, 5.41) is 0.598. The van der Waals surface area contributed by atoms with E-state index in [1.807, 2.05) is 35.9 Å². The molecule has 8 heteroatoms. The second-order valence-corrected chi connectivity index (χ2v) is 9.13. The highest BCUT2D eigenvalue weighted by Gasteiger charge is 2.38. The summed E-state index contributed by atoms with van der Waals surface area (Å²) in [5.41, 5.74) is 4.70. The number of hydrogen-bond donors (Lipinski definition) is 0. The van der Waals surface area contributed by atoms with Crippen molar-refractivity contribution in [3.05, 3.63) is 111 Å². The number of aromatic nitrogens is 5. The van der Waals surface area contributed by atoms with Gasteiger partial charge < -0.3 is 9.13 Å². The zero-order valence-corrected chi connectivity index (χ0v) is 20.4. The Kier molecular flexibility index (Phi) is 5.68. The third-order valence-corrected chi connectivity index (χ3v) is 6.88.